The number of halogens is 2. The fraction of sp³-hybridized carbons (Fsp3) is 0.273. The predicted octanol–water partition coefficient (Wildman–Crippen LogP) is 4.80. The van der Waals surface area contributed by atoms with Crippen molar-refractivity contribution < 1.29 is 18.3 Å². The van der Waals surface area contributed by atoms with E-state index in [1.54, 1.807) is 11.1 Å². The first-order chi connectivity index (χ1) is 14.1. The van der Waals surface area contributed by atoms with Gasteiger partial charge in [-0.3, -0.25) is 4.79 Å². The number of nitrogens with zero attached hydrogens (tertiary/aromatic N) is 2. The number of rotatable bonds is 6. The van der Waals surface area contributed by atoms with Crippen LogP contribution in [0.3, 0.4) is 0 Å². The minimum atomic E-state index is -0.347. The molecule has 0 radical (unpaired) electrons. The highest BCUT2D eigenvalue weighted by atomic mass is 35.5. The van der Waals surface area contributed by atoms with Crippen LogP contribution in [0.15, 0.2) is 59.1 Å². The van der Waals surface area contributed by atoms with E-state index in [0.717, 1.165) is 18.4 Å². The van der Waals surface area contributed by atoms with E-state index in [9.17, 15) is 9.18 Å². The third-order valence-corrected chi connectivity index (χ3v) is 5.30. The zero-order valence-corrected chi connectivity index (χ0v) is 16.4. The number of amides is 1. The van der Waals surface area contributed by atoms with Crippen LogP contribution in [0.25, 0.3) is 0 Å². The molecule has 0 N–H and O–H groups in total. The molecule has 1 amide bonds. The van der Waals surface area contributed by atoms with Crippen molar-refractivity contribution in [3.8, 4) is 5.75 Å². The highest BCUT2D eigenvalue weighted by Gasteiger charge is 2.33. The van der Waals surface area contributed by atoms with Gasteiger partial charge in [0.15, 0.2) is 6.61 Å². The second kappa shape index (κ2) is 8.66. The summed E-state index contributed by atoms with van der Waals surface area (Å²) in [5.41, 5.74) is 0.962. The van der Waals surface area contributed by atoms with E-state index in [1.165, 1.54) is 24.3 Å². The van der Waals surface area contributed by atoms with Crippen molar-refractivity contribution in [2.45, 2.75) is 25.3 Å². The molecule has 0 saturated carbocycles. The molecule has 150 valence electrons. The number of aromatic nitrogens is 1. The molecule has 0 aliphatic carbocycles. The molecule has 29 heavy (non-hydrogen) atoms. The zero-order chi connectivity index (χ0) is 20.2. The highest BCUT2D eigenvalue weighted by molar-refractivity contribution is 6.31. The molecule has 5 nitrogen and oxygen atoms in total. The smallest absolute Gasteiger partial charge is 0.261 e. The lowest BCUT2D eigenvalue weighted by atomic mass is 10.1. The van der Waals surface area contributed by atoms with E-state index >= 15 is 0 Å². The van der Waals surface area contributed by atoms with Gasteiger partial charge in [-0.2, -0.15) is 0 Å². The van der Waals surface area contributed by atoms with Gasteiger partial charge in [-0.25, -0.2) is 9.37 Å². The van der Waals surface area contributed by atoms with Crippen LogP contribution in [0.1, 0.15) is 36.1 Å². The van der Waals surface area contributed by atoms with Crippen molar-refractivity contribution in [3.63, 3.8) is 0 Å². The molecule has 1 aromatic heterocycles. The fourth-order valence-electron chi connectivity index (χ4n) is 3.47. The number of carbonyl (C=O) groups is 1. The first-order valence-electron chi connectivity index (χ1n) is 9.46. The lowest BCUT2D eigenvalue weighted by Crippen LogP contribution is -2.34. The van der Waals surface area contributed by atoms with Gasteiger partial charge >= 0.3 is 0 Å². The molecule has 4 rings (SSSR count). The van der Waals surface area contributed by atoms with Crippen LogP contribution in [0.5, 0.6) is 5.75 Å². The van der Waals surface area contributed by atoms with Gasteiger partial charge in [0, 0.05) is 18.0 Å². The molecule has 0 unspecified atom stereocenters. The first-order valence-corrected chi connectivity index (χ1v) is 9.84. The third-order valence-electron chi connectivity index (χ3n) is 4.93. The van der Waals surface area contributed by atoms with Gasteiger partial charge in [-0.15, -0.1) is 0 Å². The molecule has 0 bridgehead atoms. The molecule has 0 spiro atoms. The molecule has 1 fully saturated rings. The predicted molar refractivity (Wildman–Crippen MR) is 106 cm³/mol. The molecule has 1 atom stereocenters. The Kier molecular flexibility index (Phi) is 5.81. The number of oxazole rings is 1. The Morgan fingerprint density at radius 2 is 2.03 bits per heavy atom. The molecular weight excluding hydrogens is 395 g/mol. The zero-order valence-electron chi connectivity index (χ0n) is 15.7. The van der Waals surface area contributed by atoms with Gasteiger partial charge < -0.3 is 14.1 Å². The van der Waals surface area contributed by atoms with Crippen LogP contribution in [0.4, 0.5) is 4.39 Å². The third kappa shape index (κ3) is 4.59. The quantitative estimate of drug-likeness (QED) is 0.581. The Hall–Kier alpha value is -2.86. The topological polar surface area (TPSA) is 55.6 Å². The molecule has 2 heterocycles. The summed E-state index contributed by atoms with van der Waals surface area (Å²) in [6.45, 7) is 0.508. The molecule has 1 saturated heterocycles. The van der Waals surface area contributed by atoms with Crippen molar-refractivity contribution in [3.05, 3.63) is 82.8 Å². The van der Waals surface area contributed by atoms with Crippen molar-refractivity contribution >= 4 is 17.5 Å². The molecule has 7 heteroatoms. The van der Waals surface area contributed by atoms with E-state index in [1.807, 2.05) is 24.3 Å². The summed E-state index contributed by atoms with van der Waals surface area (Å²) in [6, 6.07) is 13.0. The van der Waals surface area contributed by atoms with E-state index in [-0.39, 0.29) is 24.4 Å². The van der Waals surface area contributed by atoms with E-state index in [2.05, 4.69) is 4.98 Å². The fourth-order valence-corrected chi connectivity index (χ4v) is 3.67. The van der Waals surface area contributed by atoms with Crippen LogP contribution in [0.2, 0.25) is 5.02 Å². The average Bonchev–Trinajstić information content (AvgIpc) is 3.38. The minimum absolute atomic E-state index is 0.116. The van der Waals surface area contributed by atoms with Crippen LogP contribution in [0, 0.1) is 5.82 Å². The second-order valence-electron chi connectivity index (χ2n) is 6.92. The Bertz CT molecular complexity index is 990. The van der Waals surface area contributed by atoms with Gasteiger partial charge in [0.2, 0.25) is 5.89 Å². The van der Waals surface area contributed by atoms with E-state index in [4.69, 9.17) is 20.8 Å². The maximum Gasteiger partial charge on any atom is 0.261 e. The number of carbonyl (C=O) groups excluding carboxylic acids is 1. The maximum atomic E-state index is 13.0. The van der Waals surface area contributed by atoms with Crippen LogP contribution >= 0.6 is 11.6 Å². The Labute approximate surface area is 173 Å². The van der Waals surface area contributed by atoms with Crippen LogP contribution in [-0.2, 0) is 11.2 Å². The molecule has 1 aliphatic heterocycles. The monoisotopic (exact) mass is 414 g/mol. The molecule has 3 aromatic rings. The number of likely N-dealkylation sites (tertiary alicyclic amines) is 1. The number of hydrogen-bond donors (Lipinski definition) is 0. The van der Waals surface area contributed by atoms with Gasteiger partial charge in [-0.05, 0) is 48.7 Å². The van der Waals surface area contributed by atoms with Crippen molar-refractivity contribution in [1.29, 1.82) is 0 Å². The molecule has 1 aliphatic rings. The maximum absolute atomic E-state index is 13.0. The minimum Gasteiger partial charge on any atom is -0.484 e. The summed E-state index contributed by atoms with van der Waals surface area (Å²) in [4.78, 5) is 18.8. The summed E-state index contributed by atoms with van der Waals surface area (Å²) in [7, 11) is 0. The summed E-state index contributed by atoms with van der Waals surface area (Å²) in [5.74, 6) is 1.19. The Morgan fingerprint density at radius 1 is 1.24 bits per heavy atom. The normalized spacial score (nSPS) is 16.2. The number of hydrogen-bond acceptors (Lipinski definition) is 4. The average molecular weight is 415 g/mol. The van der Waals surface area contributed by atoms with Crippen LogP contribution < -0.4 is 4.74 Å². The van der Waals surface area contributed by atoms with Crippen molar-refractivity contribution in [2.75, 3.05) is 13.2 Å². The first kappa shape index (κ1) is 19.5. The SMILES string of the molecule is O=C(COc1ccc(F)cc1)N1CCC[C@@H]1c1ncc(Cc2ccccc2Cl)o1. The van der Waals surface area contributed by atoms with Crippen molar-refractivity contribution in [1.82, 2.24) is 9.88 Å². The summed E-state index contributed by atoms with van der Waals surface area (Å²) < 4.78 is 24.4. The number of benzene rings is 2. The van der Waals surface area contributed by atoms with Crippen molar-refractivity contribution in [2.24, 2.45) is 0 Å². The number of ether oxygens (including phenoxy) is 1. The lowest BCUT2D eigenvalue weighted by Gasteiger charge is -2.22. The second-order valence-corrected chi connectivity index (χ2v) is 7.33. The van der Waals surface area contributed by atoms with Gasteiger partial charge in [0.05, 0.1) is 6.20 Å². The Morgan fingerprint density at radius 3 is 2.83 bits per heavy atom. The standard InChI is InChI=1S/C22H20ClFN2O3/c23-19-5-2-1-4-15(19)12-18-13-25-22(29-18)20-6-3-11-26(20)21(27)14-28-17-9-7-16(24)8-10-17/h1-2,4-5,7-10,13,20H,3,6,11-12,14H2/t20-/m1/s1. The summed E-state index contributed by atoms with van der Waals surface area (Å²) in [5, 5.41) is 0.682. The van der Waals surface area contributed by atoms with Gasteiger partial charge in [0.25, 0.3) is 5.91 Å². The lowest BCUT2D eigenvalue weighted by molar-refractivity contribution is -0.134. The molecule has 2 aromatic carbocycles. The largest absolute Gasteiger partial charge is 0.484 e. The van der Waals surface area contributed by atoms with Crippen LogP contribution in [-0.4, -0.2) is 28.9 Å². The molecular formula is C22H20ClFN2O3. The van der Waals surface area contributed by atoms with E-state index < -0.39 is 0 Å². The summed E-state index contributed by atoms with van der Waals surface area (Å²) >= 11 is 6.22. The summed E-state index contributed by atoms with van der Waals surface area (Å²) in [6.07, 6.45) is 3.89. The van der Waals surface area contributed by atoms with Gasteiger partial charge in [-0.1, -0.05) is 29.8 Å². The highest BCUT2D eigenvalue weighted by Crippen LogP contribution is 2.32. The van der Waals surface area contributed by atoms with E-state index in [0.29, 0.717) is 35.4 Å². The Balaban J connectivity index is 1.40. The van der Waals surface area contributed by atoms with Gasteiger partial charge in [0.1, 0.15) is 23.4 Å².